The molecule has 0 aromatic heterocycles. The number of hydrogen-bond acceptors (Lipinski definition) is 7. The van der Waals surface area contributed by atoms with E-state index in [9.17, 15) is 9.59 Å². The topological polar surface area (TPSA) is 95.6 Å². The van der Waals surface area contributed by atoms with E-state index in [-0.39, 0.29) is 18.2 Å². The van der Waals surface area contributed by atoms with Crippen LogP contribution in [0.1, 0.15) is 30.0 Å². The summed E-state index contributed by atoms with van der Waals surface area (Å²) in [6, 6.07) is 18.0. The summed E-state index contributed by atoms with van der Waals surface area (Å²) in [6.45, 7) is 0.431. The van der Waals surface area contributed by atoms with Crippen molar-refractivity contribution in [3.8, 4) is 28.7 Å². The maximum atomic E-state index is 13.7. The molecule has 9 heteroatoms. The van der Waals surface area contributed by atoms with Gasteiger partial charge in [0, 0.05) is 18.7 Å². The maximum Gasteiger partial charge on any atom is 0.227 e. The molecule has 3 aromatic rings. The van der Waals surface area contributed by atoms with Gasteiger partial charge in [0.05, 0.1) is 47.5 Å². The largest absolute Gasteiger partial charge is 0.497 e. The molecule has 0 saturated carbocycles. The number of benzene rings is 3. The van der Waals surface area contributed by atoms with E-state index in [1.54, 1.807) is 58.6 Å². The van der Waals surface area contributed by atoms with E-state index in [0.29, 0.717) is 53.8 Å². The second kappa shape index (κ2) is 13.1. The smallest absolute Gasteiger partial charge is 0.227 e. The third-order valence-corrected chi connectivity index (χ3v) is 7.19. The summed E-state index contributed by atoms with van der Waals surface area (Å²) < 4.78 is 27.0. The van der Waals surface area contributed by atoms with Gasteiger partial charge in [-0.15, -0.1) is 0 Å². The molecular formula is C31H36N2O7. The van der Waals surface area contributed by atoms with Crippen LogP contribution in [0.3, 0.4) is 0 Å². The Bertz CT molecular complexity index is 1330. The zero-order chi connectivity index (χ0) is 28.6. The molecule has 1 N–H and O–H groups in total. The van der Waals surface area contributed by atoms with Crippen LogP contribution in [0, 0.1) is 5.92 Å². The van der Waals surface area contributed by atoms with Crippen LogP contribution in [0.15, 0.2) is 60.7 Å². The lowest BCUT2D eigenvalue weighted by Crippen LogP contribution is -2.48. The molecule has 2 amide bonds. The molecule has 4 rings (SSSR count). The molecule has 1 saturated heterocycles. The minimum absolute atomic E-state index is 0.0562. The van der Waals surface area contributed by atoms with Crippen molar-refractivity contribution in [2.24, 2.45) is 5.92 Å². The molecule has 9 nitrogen and oxygen atoms in total. The van der Waals surface area contributed by atoms with Gasteiger partial charge in [0.2, 0.25) is 11.8 Å². The van der Waals surface area contributed by atoms with Crippen LogP contribution >= 0.6 is 0 Å². The van der Waals surface area contributed by atoms with Crippen molar-refractivity contribution in [2.75, 3.05) is 47.0 Å². The average Bonchev–Trinajstić information content (AvgIpc) is 3.00. The first-order chi connectivity index (χ1) is 19.4. The average molecular weight is 549 g/mol. The molecule has 0 spiro atoms. The van der Waals surface area contributed by atoms with Crippen LogP contribution in [0.5, 0.6) is 28.7 Å². The molecule has 40 heavy (non-hydrogen) atoms. The lowest BCUT2D eigenvalue weighted by atomic mass is 9.83. The molecular weight excluding hydrogens is 512 g/mol. The lowest BCUT2D eigenvalue weighted by Gasteiger charge is -2.41. The Hall–Kier alpha value is -4.40. The minimum Gasteiger partial charge on any atom is -0.497 e. The molecule has 1 heterocycles. The van der Waals surface area contributed by atoms with Gasteiger partial charge >= 0.3 is 0 Å². The fourth-order valence-corrected chi connectivity index (χ4v) is 5.13. The Balaban J connectivity index is 1.62. The quantitative estimate of drug-likeness (QED) is 0.375. The van der Waals surface area contributed by atoms with Gasteiger partial charge < -0.3 is 33.9 Å². The van der Waals surface area contributed by atoms with Gasteiger partial charge in [-0.1, -0.05) is 12.1 Å². The highest BCUT2D eigenvalue weighted by atomic mass is 16.5. The van der Waals surface area contributed by atoms with Crippen molar-refractivity contribution < 1.29 is 33.3 Å². The number of nitrogens with one attached hydrogen (secondary N) is 1. The molecule has 0 unspecified atom stereocenters. The standard InChI is InChI=1S/C31H36N2O7/c1-36-23-10-8-22(9-11-23)33-29(34)15-12-24(30(33)21-7-14-26(38-3)28(19-21)40-5)31(35)32-17-16-20-6-13-25(37-2)27(18-20)39-4/h6-11,13-14,18-19,24,30H,12,15-17H2,1-5H3,(H,32,35)/t24-,30+/m0/s1. The number of methoxy groups -OCH3 is 5. The van der Waals surface area contributed by atoms with Crippen LogP contribution in [0.4, 0.5) is 5.69 Å². The van der Waals surface area contributed by atoms with Gasteiger partial charge in [0.25, 0.3) is 0 Å². The summed E-state index contributed by atoms with van der Waals surface area (Å²) in [5.41, 5.74) is 2.48. The SMILES string of the molecule is COc1ccc(N2C(=O)CC[C@H](C(=O)NCCc3ccc(OC)c(OC)c3)[C@H]2c2ccc(OC)c(OC)c2)cc1. The number of ether oxygens (including phenoxy) is 5. The van der Waals surface area contributed by atoms with E-state index < -0.39 is 12.0 Å². The van der Waals surface area contributed by atoms with Gasteiger partial charge in [-0.05, 0) is 72.5 Å². The molecule has 0 radical (unpaired) electrons. The first-order valence-electron chi connectivity index (χ1n) is 13.1. The minimum atomic E-state index is -0.546. The summed E-state index contributed by atoms with van der Waals surface area (Å²) in [5.74, 6) is 2.41. The van der Waals surface area contributed by atoms with Crippen molar-refractivity contribution in [1.82, 2.24) is 5.32 Å². The molecule has 1 aliphatic rings. The number of rotatable bonds is 11. The van der Waals surface area contributed by atoms with Gasteiger partial charge in [-0.3, -0.25) is 9.59 Å². The molecule has 2 atom stereocenters. The fourth-order valence-electron chi connectivity index (χ4n) is 5.13. The van der Waals surface area contributed by atoms with Crippen LogP contribution in [0.2, 0.25) is 0 Å². The first kappa shape index (κ1) is 28.6. The van der Waals surface area contributed by atoms with Crippen LogP contribution in [-0.2, 0) is 16.0 Å². The predicted octanol–water partition coefficient (Wildman–Crippen LogP) is 4.57. The number of hydrogen-bond donors (Lipinski definition) is 1. The molecule has 212 valence electrons. The van der Waals surface area contributed by atoms with Crippen LogP contribution in [0.25, 0.3) is 0 Å². The lowest BCUT2D eigenvalue weighted by molar-refractivity contribution is -0.129. The third-order valence-electron chi connectivity index (χ3n) is 7.19. The van der Waals surface area contributed by atoms with Crippen molar-refractivity contribution in [3.63, 3.8) is 0 Å². The highest BCUT2D eigenvalue weighted by molar-refractivity contribution is 5.97. The van der Waals surface area contributed by atoms with Crippen LogP contribution < -0.4 is 33.9 Å². The highest BCUT2D eigenvalue weighted by Crippen LogP contribution is 2.42. The predicted molar refractivity (Wildman–Crippen MR) is 152 cm³/mol. The van der Waals surface area contributed by atoms with E-state index >= 15 is 0 Å². The Morgan fingerprint density at radius 3 is 2.05 bits per heavy atom. The monoisotopic (exact) mass is 548 g/mol. The van der Waals surface area contributed by atoms with Crippen molar-refractivity contribution >= 4 is 17.5 Å². The Labute approximate surface area is 234 Å². The normalized spacial score (nSPS) is 16.7. The van der Waals surface area contributed by atoms with E-state index in [2.05, 4.69) is 5.32 Å². The van der Waals surface area contributed by atoms with Crippen LogP contribution in [-0.4, -0.2) is 53.9 Å². The van der Waals surface area contributed by atoms with Gasteiger partial charge in [-0.25, -0.2) is 0 Å². The summed E-state index contributed by atoms with van der Waals surface area (Å²) >= 11 is 0. The number of carbonyl (C=O) groups excluding carboxylic acids is 2. The van der Waals surface area contributed by atoms with E-state index in [0.717, 1.165) is 11.1 Å². The molecule has 3 aromatic carbocycles. The second-order valence-electron chi connectivity index (χ2n) is 9.40. The molecule has 1 fully saturated rings. The zero-order valence-electron chi connectivity index (χ0n) is 23.6. The number of carbonyl (C=O) groups is 2. The number of piperidine rings is 1. The summed E-state index contributed by atoms with van der Waals surface area (Å²) in [6.07, 6.45) is 1.29. The Morgan fingerprint density at radius 2 is 1.43 bits per heavy atom. The first-order valence-corrected chi connectivity index (χ1v) is 13.1. The number of nitrogens with zero attached hydrogens (tertiary/aromatic N) is 1. The van der Waals surface area contributed by atoms with E-state index in [4.69, 9.17) is 23.7 Å². The summed E-state index contributed by atoms with van der Waals surface area (Å²) in [7, 11) is 7.91. The highest BCUT2D eigenvalue weighted by Gasteiger charge is 2.41. The maximum absolute atomic E-state index is 13.7. The number of amides is 2. The molecule has 1 aliphatic heterocycles. The van der Waals surface area contributed by atoms with E-state index in [1.165, 1.54) is 0 Å². The van der Waals surface area contributed by atoms with Crippen molar-refractivity contribution in [3.05, 3.63) is 71.8 Å². The van der Waals surface area contributed by atoms with Gasteiger partial charge in [0.1, 0.15) is 5.75 Å². The number of anilines is 1. The summed E-state index contributed by atoms with van der Waals surface area (Å²) in [5, 5.41) is 3.10. The Morgan fingerprint density at radius 1 is 0.800 bits per heavy atom. The van der Waals surface area contributed by atoms with Crippen molar-refractivity contribution in [1.29, 1.82) is 0 Å². The third kappa shape index (κ3) is 6.09. The van der Waals surface area contributed by atoms with Crippen molar-refractivity contribution in [2.45, 2.75) is 25.3 Å². The molecule has 0 aliphatic carbocycles. The zero-order valence-corrected chi connectivity index (χ0v) is 23.6. The second-order valence-corrected chi connectivity index (χ2v) is 9.40. The van der Waals surface area contributed by atoms with Gasteiger partial charge in [0.15, 0.2) is 23.0 Å². The van der Waals surface area contributed by atoms with E-state index in [1.807, 2.05) is 42.5 Å². The Kier molecular flexibility index (Phi) is 9.37. The summed E-state index contributed by atoms with van der Waals surface area (Å²) in [4.78, 5) is 28.8. The van der Waals surface area contributed by atoms with Gasteiger partial charge in [-0.2, -0.15) is 0 Å². The molecule has 0 bridgehead atoms. The fraction of sp³-hybridized carbons (Fsp3) is 0.355.